The third-order valence-corrected chi connectivity index (χ3v) is 10.4. The second-order valence-corrected chi connectivity index (χ2v) is 12.1. The predicted octanol–water partition coefficient (Wildman–Crippen LogP) is 5.58. The molecule has 1 saturated heterocycles. The Labute approximate surface area is 177 Å². The van der Waals surface area contributed by atoms with E-state index in [1.54, 1.807) is 0 Å². The lowest BCUT2D eigenvalue weighted by Gasteiger charge is -2.51. The molecule has 2 aliphatic carbocycles. The number of benzene rings is 1. The van der Waals surface area contributed by atoms with E-state index in [0.29, 0.717) is 12.1 Å². The molecule has 1 aliphatic heterocycles. The van der Waals surface area contributed by atoms with Crippen LogP contribution in [0.15, 0.2) is 30.3 Å². The third kappa shape index (κ3) is 4.66. The van der Waals surface area contributed by atoms with Gasteiger partial charge in [0.05, 0.1) is 12.2 Å². The fourth-order valence-corrected chi connectivity index (χ4v) is 9.56. The molecule has 5 heteroatoms. The molecular weight excluding hydrogens is 379 g/mol. The molecule has 1 heterocycles. The molecular formula is C24H39N2O2P. The van der Waals surface area contributed by atoms with E-state index in [1.807, 2.05) is 6.07 Å². The highest BCUT2D eigenvalue weighted by Crippen LogP contribution is 2.58. The van der Waals surface area contributed by atoms with Crippen molar-refractivity contribution in [2.24, 2.45) is 0 Å². The summed E-state index contributed by atoms with van der Waals surface area (Å²) in [5.41, 5.74) is 0. The zero-order chi connectivity index (χ0) is 20.3. The SMILES string of the molecule is CC1CN(P(=O)(c2ccccc2)N(C2CCCCC2)C2CCCCC2)CC(C)O1. The Morgan fingerprint density at radius 1 is 0.828 bits per heavy atom. The van der Waals surface area contributed by atoms with Gasteiger partial charge in [-0.2, -0.15) is 0 Å². The maximum absolute atomic E-state index is 15.4. The fourth-order valence-electron chi connectivity index (χ4n) is 5.87. The van der Waals surface area contributed by atoms with Crippen LogP contribution in [0.4, 0.5) is 0 Å². The molecule has 0 aromatic heterocycles. The Morgan fingerprint density at radius 2 is 1.31 bits per heavy atom. The first-order valence-corrected chi connectivity index (χ1v) is 13.6. The van der Waals surface area contributed by atoms with E-state index in [-0.39, 0.29) is 12.2 Å². The Morgan fingerprint density at radius 3 is 1.79 bits per heavy atom. The second-order valence-electron chi connectivity index (χ2n) is 9.47. The Hall–Kier alpha value is -0.670. The van der Waals surface area contributed by atoms with E-state index in [4.69, 9.17) is 4.74 Å². The normalized spacial score (nSPS) is 30.3. The molecule has 0 N–H and O–H groups in total. The molecule has 3 unspecified atom stereocenters. The lowest BCUT2D eigenvalue weighted by Crippen LogP contribution is -2.53. The van der Waals surface area contributed by atoms with Crippen LogP contribution in [0.3, 0.4) is 0 Å². The maximum Gasteiger partial charge on any atom is 0.246 e. The molecule has 162 valence electrons. The van der Waals surface area contributed by atoms with Gasteiger partial charge in [-0.3, -0.25) is 4.57 Å². The largest absolute Gasteiger partial charge is 0.373 e. The maximum atomic E-state index is 15.4. The van der Waals surface area contributed by atoms with Crippen LogP contribution < -0.4 is 5.30 Å². The van der Waals surface area contributed by atoms with Gasteiger partial charge in [-0.15, -0.1) is 0 Å². The topological polar surface area (TPSA) is 32.8 Å². The van der Waals surface area contributed by atoms with Crippen LogP contribution in [0, 0.1) is 0 Å². The van der Waals surface area contributed by atoms with Gasteiger partial charge in [-0.25, -0.2) is 9.34 Å². The summed E-state index contributed by atoms with van der Waals surface area (Å²) in [5.74, 6) is 0. The van der Waals surface area contributed by atoms with Crippen LogP contribution in [0.2, 0.25) is 0 Å². The zero-order valence-corrected chi connectivity index (χ0v) is 19.2. The van der Waals surface area contributed by atoms with Crippen molar-refractivity contribution in [3.63, 3.8) is 0 Å². The highest BCUT2D eigenvalue weighted by Gasteiger charge is 2.47. The third-order valence-electron chi connectivity index (χ3n) is 7.09. The van der Waals surface area contributed by atoms with Gasteiger partial charge in [0.15, 0.2) is 0 Å². The van der Waals surface area contributed by atoms with Crippen molar-refractivity contribution in [2.75, 3.05) is 13.1 Å². The second kappa shape index (κ2) is 9.64. The van der Waals surface area contributed by atoms with Crippen LogP contribution in [0.25, 0.3) is 0 Å². The summed E-state index contributed by atoms with van der Waals surface area (Å²) in [5, 5.41) is 1.03. The van der Waals surface area contributed by atoms with Crippen molar-refractivity contribution in [2.45, 2.75) is 102 Å². The van der Waals surface area contributed by atoms with E-state index in [9.17, 15) is 0 Å². The first-order valence-electron chi connectivity index (χ1n) is 11.9. The highest BCUT2D eigenvalue weighted by molar-refractivity contribution is 7.67. The number of rotatable bonds is 5. The van der Waals surface area contributed by atoms with Crippen molar-refractivity contribution < 1.29 is 9.30 Å². The molecule has 3 fully saturated rings. The molecule has 29 heavy (non-hydrogen) atoms. The van der Waals surface area contributed by atoms with E-state index < -0.39 is 7.44 Å². The van der Waals surface area contributed by atoms with Crippen molar-refractivity contribution in [1.29, 1.82) is 0 Å². The molecule has 2 saturated carbocycles. The Balaban J connectivity index is 1.78. The standard InChI is InChI=1S/C24H39N2O2P/c1-20-18-25(19-21(2)28-20)29(27,24-16-10-5-11-17-24)26(22-12-6-3-7-13-22)23-14-8-4-9-15-23/h5,10-11,16-17,20-23H,3-4,6-9,12-15,18-19H2,1-2H3. The number of hydrogen-bond acceptors (Lipinski definition) is 2. The van der Waals surface area contributed by atoms with Gasteiger partial charge in [0.25, 0.3) is 0 Å². The minimum absolute atomic E-state index is 0.121. The quantitative estimate of drug-likeness (QED) is 0.584. The predicted molar refractivity (Wildman–Crippen MR) is 121 cm³/mol. The first-order chi connectivity index (χ1) is 14.1. The Bertz CT molecular complexity index is 657. The molecule has 0 spiro atoms. The van der Waals surface area contributed by atoms with Gasteiger partial charge in [-0.1, -0.05) is 56.7 Å². The van der Waals surface area contributed by atoms with Crippen LogP contribution >= 0.6 is 7.44 Å². The summed E-state index contributed by atoms with van der Waals surface area (Å²) >= 11 is 0. The van der Waals surface area contributed by atoms with Crippen molar-refractivity contribution in [1.82, 2.24) is 9.34 Å². The molecule has 1 aromatic carbocycles. The molecule has 3 atom stereocenters. The lowest BCUT2D eigenvalue weighted by atomic mass is 9.91. The monoisotopic (exact) mass is 418 g/mol. The minimum Gasteiger partial charge on any atom is -0.373 e. The minimum atomic E-state index is -2.88. The van der Waals surface area contributed by atoms with E-state index in [1.165, 1.54) is 64.2 Å². The van der Waals surface area contributed by atoms with Gasteiger partial charge >= 0.3 is 0 Å². The molecule has 0 amide bonds. The summed E-state index contributed by atoms with van der Waals surface area (Å²) in [6.45, 7) is 5.77. The van der Waals surface area contributed by atoms with E-state index in [2.05, 4.69) is 47.5 Å². The van der Waals surface area contributed by atoms with E-state index >= 15 is 4.57 Å². The van der Waals surface area contributed by atoms with Crippen LogP contribution in [0.5, 0.6) is 0 Å². The number of ether oxygens (including phenoxy) is 1. The molecule has 0 radical (unpaired) electrons. The van der Waals surface area contributed by atoms with Crippen LogP contribution in [-0.4, -0.2) is 46.7 Å². The Kier molecular flexibility index (Phi) is 7.17. The molecule has 1 aromatic rings. The average Bonchev–Trinajstić information content (AvgIpc) is 2.75. The first kappa shape index (κ1) is 21.6. The molecule has 4 nitrogen and oxygen atoms in total. The molecule has 4 rings (SSSR count). The summed E-state index contributed by atoms with van der Waals surface area (Å²) in [7, 11) is -2.88. The molecule has 0 bridgehead atoms. The lowest BCUT2D eigenvalue weighted by molar-refractivity contribution is -0.0472. The molecule has 3 aliphatic rings. The summed E-state index contributed by atoms with van der Waals surface area (Å²) < 4.78 is 26.3. The zero-order valence-electron chi connectivity index (χ0n) is 18.3. The van der Waals surface area contributed by atoms with Gasteiger partial charge < -0.3 is 4.74 Å². The fraction of sp³-hybridized carbons (Fsp3) is 0.750. The summed E-state index contributed by atoms with van der Waals surface area (Å²) in [4.78, 5) is 0. The van der Waals surface area contributed by atoms with Crippen molar-refractivity contribution in [3.05, 3.63) is 30.3 Å². The van der Waals surface area contributed by atoms with Gasteiger partial charge in [-0.05, 0) is 51.7 Å². The van der Waals surface area contributed by atoms with E-state index in [0.717, 1.165) is 18.4 Å². The van der Waals surface area contributed by atoms with Crippen LogP contribution in [-0.2, 0) is 9.30 Å². The van der Waals surface area contributed by atoms with Crippen molar-refractivity contribution in [3.8, 4) is 0 Å². The summed E-state index contributed by atoms with van der Waals surface area (Å²) in [6, 6.07) is 11.3. The number of morpholine rings is 1. The van der Waals surface area contributed by atoms with Crippen LogP contribution in [0.1, 0.15) is 78.1 Å². The number of hydrogen-bond donors (Lipinski definition) is 0. The van der Waals surface area contributed by atoms with Gasteiger partial charge in [0.2, 0.25) is 7.44 Å². The number of nitrogens with zero attached hydrogens (tertiary/aromatic N) is 2. The average molecular weight is 419 g/mol. The van der Waals surface area contributed by atoms with Gasteiger partial charge in [0.1, 0.15) is 0 Å². The highest BCUT2D eigenvalue weighted by atomic mass is 31.2. The van der Waals surface area contributed by atoms with Gasteiger partial charge in [0, 0.05) is 30.5 Å². The van der Waals surface area contributed by atoms with Crippen molar-refractivity contribution >= 4 is 12.7 Å². The summed E-state index contributed by atoms with van der Waals surface area (Å²) in [6.07, 6.45) is 12.8. The smallest absolute Gasteiger partial charge is 0.246 e.